The van der Waals surface area contributed by atoms with Gasteiger partial charge in [-0.2, -0.15) is 13.8 Å². The van der Waals surface area contributed by atoms with Gasteiger partial charge in [-0.1, -0.05) is 18.2 Å². The van der Waals surface area contributed by atoms with Crippen molar-refractivity contribution in [3.05, 3.63) is 60.3 Å². The third-order valence-electron chi connectivity index (χ3n) is 7.03. The van der Waals surface area contributed by atoms with E-state index in [0.29, 0.717) is 29.2 Å². The summed E-state index contributed by atoms with van der Waals surface area (Å²) in [7, 11) is 2.76. The molecule has 40 heavy (non-hydrogen) atoms. The van der Waals surface area contributed by atoms with Crippen molar-refractivity contribution in [3.63, 3.8) is 0 Å². The SMILES string of the molecule is COc1cc(C(=O)NCCN2CCCC2)ccc1Nc1ncc2c(n1)N(c1ccccc1)CC(F)(F)C(=O)N2C. The number of hydrogen-bond donors (Lipinski definition) is 2. The van der Waals surface area contributed by atoms with Crippen LogP contribution in [0.3, 0.4) is 0 Å². The summed E-state index contributed by atoms with van der Waals surface area (Å²) in [6.45, 7) is 2.61. The molecule has 2 aliphatic heterocycles. The highest BCUT2D eigenvalue weighted by molar-refractivity contribution is 6.02. The minimum absolute atomic E-state index is 0.104. The minimum atomic E-state index is -3.65. The molecule has 10 nitrogen and oxygen atoms in total. The van der Waals surface area contributed by atoms with E-state index < -0.39 is 18.4 Å². The average molecular weight is 552 g/mol. The molecule has 0 unspecified atom stereocenters. The number of nitrogens with one attached hydrogen (secondary N) is 2. The van der Waals surface area contributed by atoms with Crippen LogP contribution in [0.5, 0.6) is 5.75 Å². The largest absolute Gasteiger partial charge is 0.495 e. The zero-order chi connectivity index (χ0) is 28.3. The highest BCUT2D eigenvalue weighted by atomic mass is 19.3. The maximum absolute atomic E-state index is 14.9. The number of para-hydroxylation sites is 1. The van der Waals surface area contributed by atoms with Crippen LogP contribution < -0.4 is 25.2 Å². The molecular weight excluding hydrogens is 520 g/mol. The Bertz CT molecular complexity index is 1380. The first-order chi connectivity index (χ1) is 19.3. The van der Waals surface area contributed by atoms with E-state index in [1.54, 1.807) is 48.5 Å². The Kier molecular flexibility index (Phi) is 7.78. The molecule has 210 valence electrons. The number of rotatable bonds is 8. The maximum atomic E-state index is 14.9. The lowest BCUT2D eigenvalue weighted by Gasteiger charge is -2.25. The van der Waals surface area contributed by atoms with E-state index in [2.05, 4.69) is 25.5 Å². The van der Waals surface area contributed by atoms with Crippen LogP contribution in [0, 0.1) is 0 Å². The molecule has 1 aromatic heterocycles. The first-order valence-corrected chi connectivity index (χ1v) is 13.1. The summed E-state index contributed by atoms with van der Waals surface area (Å²) in [6.07, 6.45) is 3.72. The third kappa shape index (κ3) is 5.67. The van der Waals surface area contributed by atoms with Crippen molar-refractivity contribution < 1.29 is 23.1 Å². The lowest BCUT2D eigenvalue weighted by Crippen LogP contribution is -2.45. The summed E-state index contributed by atoms with van der Waals surface area (Å²) in [6, 6.07) is 13.5. The van der Waals surface area contributed by atoms with Crippen LogP contribution in [-0.4, -0.2) is 79.5 Å². The average Bonchev–Trinajstić information content (AvgIpc) is 3.47. The van der Waals surface area contributed by atoms with Crippen LogP contribution >= 0.6 is 0 Å². The number of fused-ring (bicyclic) bond motifs is 1. The Labute approximate surface area is 230 Å². The fourth-order valence-corrected chi connectivity index (χ4v) is 4.87. The number of carbonyl (C=O) groups is 2. The van der Waals surface area contributed by atoms with Crippen LogP contribution in [0.2, 0.25) is 0 Å². The molecule has 0 spiro atoms. The molecule has 1 saturated heterocycles. The van der Waals surface area contributed by atoms with Crippen molar-refractivity contribution in [2.24, 2.45) is 0 Å². The molecule has 3 heterocycles. The summed E-state index contributed by atoms with van der Waals surface area (Å²) in [5.74, 6) is -4.57. The fraction of sp³-hybridized carbons (Fsp3) is 0.357. The number of aromatic nitrogens is 2. The number of hydrogen-bond acceptors (Lipinski definition) is 8. The Morgan fingerprint density at radius 3 is 2.60 bits per heavy atom. The van der Waals surface area contributed by atoms with E-state index in [9.17, 15) is 18.4 Å². The number of benzene rings is 2. The van der Waals surface area contributed by atoms with Crippen molar-refractivity contribution in [3.8, 4) is 5.75 Å². The molecule has 0 radical (unpaired) electrons. The Morgan fingerprint density at radius 1 is 1.12 bits per heavy atom. The number of ether oxygens (including phenoxy) is 1. The molecule has 1 fully saturated rings. The van der Waals surface area contributed by atoms with Crippen molar-refractivity contribution in [2.75, 3.05) is 62.0 Å². The first kappa shape index (κ1) is 27.3. The molecule has 12 heteroatoms. The van der Waals surface area contributed by atoms with Crippen molar-refractivity contribution in [2.45, 2.75) is 18.8 Å². The lowest BCUT2D eigenvalue weighted by atomic mass is 10.1. The fourth-order valence-electron chi connectivity index (χ4n) is 4.87. The molecule has 2 N–H and O–H groups in total. The quantitative estimate of drug-likeness (QED) is 0.436. The predicted octanol–water partition coefficient (Wildman–Crippen LogP) is 3.80. The van der Waals surface area contributed by atoms with Gasteiger partial charge < -0.3 is 30.1 Å². The number of nitrogens with zero attached hydrogens (tertiary/aromatic N) is 5. The van der Waals surface area contributed by atoms with E-state index in [1.807, 2.05) is 0 Å². The standard InChI is InChI=1S/C28H31F2N7O3/c1-35-22-17-32-27(34-24(22)37(18-28(29,30)26(35)39)20-8-4-3-5-9-20)33-21-11-10-19(16-23(21)40-2)25(38)31-12-15-36-13-6-7-14-36/h3-5,8-11,16-17H,6-7,12-15,18H2,1-2H3,(H,31,38)(H,32,33,34). The van der Waals surface area contributed by atoms with Gasteiger partial charge in [-0.25, -0.2) is 4.98 Å². The smallest absolute Gasteiger partial charge is 0.342 e. The second-order valence-corrected chi connectivity index (χ2v) is 9.74. The van der Waals surface area contributed by atoms with Crippen molar-refractivity contribution in [1.82, 2.24) is 20.2 Å². The van der Waals surface area contributed by atoms with Crippen LogP contribution in [0.25, 0.3) is 0 Å². The zero-order valence-corrected chi connectivity index (χ0v) is 22.4. The lowest BCUT2D eigenvalue weighted by molar-refractivity contribution is -0.140. The monoisotopic (exact) mass is 551 g/mol. The minimum Gasteiger partial charge on any atom is -0.495 e. The molecule has 2 aromatic carbocycles. The summed E-state index contributed by atoms with van der Waals surface area (Å²) in [4.78, 5) is 38.5. The van der Waals surface area contributed by atoms with Crippen LogP contribution in [0.1, 0.15) is 23.2 Å². The predicted molar refractivity (Wildman–Crippen MR) is 148 cm³/mol. The van der Waals surface area contributed by atoms with Gasteiger partial charge in [-0.05, 0) is 56.3 Å². The molecule has 0 aliphatic carbocycles. The van der Waals surface area contributed by atoms with Gasteiger partial charge in [0.2, 0.25) is 5.95 Å². The first-order valence-electron chi connectivity index (χ1n) is 13.1. The summed E-state index contributed by atoms with van der Waals surface area (Å²) in [5.41, 5.74) is 1.51. The second kappa shape index (κ2) is 11.4. The topological polar surface area (TPSA) is 103 Å². The van der Waals surface area contributed by atoms with Gasteiger partial charge in [-0.15, -0.1) is 0 Å². The second-order valence-electron chi connectivity index (χ2n) is 9.74. The van der Waals surface area contributed by atoms with Gasteiger partial charge in [0.25, 0.3) is 11.8 Å². The summed E-state index contributed by atoms with van der Waals surface area (Å²) >= 11 is 0. The Hall–Kier alpha value is -4.32. The van der Waals surface area contributed by atoms with E-state index in [-0.39, 0.29) is 23.4 Å². The van der Waals surface area contributed by atoms with Gasteiger partial charge in [-0.3, -0.25) is 9.59 Å². The Morgan fingerprint density at radius 2 is 1.88 bits per heavy atom. The van der Waals surface area contributed by atoms with Gasteiger partial charge >= 0.3 is 5.92 Å². The summed E-state index contributed by atoms with van der Waals surface area (Å²) < 4.78 is 35.2. The zero-order valence-electron chi connectivity index (χ0n) is 22.4. The van der Waals surface area contributed by atoms with Crippen LogP contribution in [-0.2, 0) is 4.79 Å². The number of methoxy groups -OCH3 is 1. The van der Waals surface area contributed by atoms with E-state index in [0.717, 1.165) is 24.5 Å². The van der Waals surface area contributed by atoms with Gasteiger partial charge in [0.1, 0.15) is 11.4 Å². The maximum Gasteiger partial charge on any atom is 0.342 e. The molecular formula is C28H31F2N7O3. The van der Waals surface area contributed by atoms with Gasteiger partial charge in [0.05, 0.1) is 25.5 Å². The molecule has 0 bridgehead atoms. The molecule has 5 rings (SSSR count). The number of amides is 2. The van der Waals surface area contributed by atoms with Gasteiger partial charge in [0.15, 0.2) is 5.82 Å². The van der Waals surface area contributed by atoms with E-state index in [1.165, 1.54) is 38.1 Å². The molecule has 0 saturated carbocycles. The number of alkyl halides is 2. The highest BCUT2D eigenvalue weighted by Crippen LogP contribution is 2.40. The number of halogens is 2. The number of likely N-dealkylation sites (tertiary alicyclic amines) is 1. The van der Waals surface area contributed by atoms with Crippen molar-refractivity contribution >= 4 is 40.6 Å². The highest BCUT2D eigenvalue weighted by Gasteiger charge is 2.47. The molecule has 2 amide bonds. The normalized spacial score (nSPS) is 16.9. The summed E-state index contributed by atoms with van der Waals surface area (Å²) in [5, 5.41) is 6.00. The molecule has 3 aromatic rings. The van der Waals surface area contributed by atoms with Crippen molar-refractivity contribution in [1.29, 1.82) is 0 Å². The van der Waals surface area contributed by atoms with E-state index in [4.69, 9.17) is 4.74 Å². The third-order valence-corrected chi connectivity index (χ3v) is 7.03. The van der Waals surface area contributed by atoms with Gasteiger partial charge in [0, 0.05) is 31.4 Å². The Balaban J connectivity index is 1.39. The van der Waals surface area contributed by atoms with Crippen LogP contribution in [0.4, 0.5) is 37.6 Å². The van der Waals surface area contributed by atoms with E-state index >= 15 is 0 Å². The van der Waals surface area contributed by atoms with Crippen LogP contribution in [0.15, 0.2) is 54.7 Å². The number of carbonyl (C=O) groups excluding carboxylic acids is 2. The molecule has 0 atom stereocenters. The molecule has 2 aliphatic rings. The number of anilines is 5.